The van der Waals surface area contributed by atoms with Gasteiger partial charge in [-0.15, -0.1) is 0 Å². The van der Waals surface area contributed by atoms with Gasteiger partial charge in [0.25, 0.3) is 0 Å². The van der Waals surface area contributed by atoms with E-state index < -0.39 is 5.41 Å². The van der Waals surface area contributed by atoms with Crippen LogP contribution in [-0.2, 0) is 9.53 Å². The molecule has 1 atom stereocenters. The Morgan fingerprint density at radius 1 is 1.50 bits per heavy atom. The molecule has 1 fully saturated rings. The number of esters is 1. The van der Waals surface area contributed by atoms with Crippen LogP contribution in [0.25, 0.3) is 0 Å². The molecule has 4 nitrogen and oxygen atoms in total. The van der Waals surface area contributed by atoms with E-state index in [0.29, 0.717) is 12.6 Å². The van der Waals surface area contributed by atoms with Crippen LogP contribution in [0.3, 0.4) is 0 Å². The molecule has 0 aromatic carbocycles. The van der Waals surface area contributed by atoms with Crippen molar-refractivity contribution in [2.75, 3.05) is 32.8 Å². The van der Waals surface area contributed by atoms with Crippen LogP contribution < -0.4 is 5.32 Å². The second-order valence-electron chi connectivity index (χ2n) is 5.54. The normalized spacial score (nSPS) is 23.1. The zero-order valence-corrected chi connectivity index (χ0v) is 10.9. The second-order valence-corrected chi connectivity index (χ2v) is 5.54. The number of piperazine rings is 1. The molecule has 1 aliphatic rings. The van der Waals surface area contributed by atoms with Crippen molar-refractivity contribution in [2.24, 2.45) is 5.41 Å². The molecule has 94 valence electrons. The monoisotopic (exact) mass is 228 g/mol. The quantitative estimate of drug-likeness (QED) is 0.728. The van der Waals surface area contributed by atoms with Crippen molar-refractivity contribution in [3.63, 3.8) is 0 Å². The second kappa shape index (κ2) is 5.64. The van der Waals surface area contributed by atoms with Crippen LogP contribution in [0.15, 0.2) is 0 Å². The molecule has 0 bridgehead atoms. The molecule has 1 saturated heterocycles. The van der Waals surface area contributed by atoms with E-state index in [1.165, 1.54) is 0 Å². The molecule has 4 heteroatoms. The Morgan fingerprint density at radius 2 is 2.19 bits per heavy atom. The van der Waals surface area contributed by atoms with Crippen LogP contribution in [0.2, 0.25) is 0 Å². The van der Waals surface area contributed by atoms with Crippen molar-refractivity contribution in [3.05, 3.63) is 0 Å². The first-order chi connectivity index (χ1) is 7.39. The summed E-state index contributed by atoms with van der Waals surface area (Å²) < 4.78 is 5.24. The van der Waals surface area contributed by atoms with Gasteiger partial charge in [0, 0.05) is 32.2 Å². The maximum Gasteiger partial charge on any atom is 0.311 e. The van der Waals surface area contributed by atoms with E-state index in [0.717, 1.165) is 26.2 Å². The molecule has 0 saturated carbocycles. The number of carbonyl (C=O) groups is 1. The van der Waals surface area contributed by atoms with Crippen LogP contribution in [0.5, 0.6) is 0 Å². The van der Waals surface area contributed by atoms with Crippen LogP contribution >= 0.6 is 0 Å². The van der Waals surface area contributed by atoms with Crippen LogP contribution in [0.1, 0.15) is 27.7 Å². The van der Waals surface area contributed by atoms with Crippen LogP contribution in [-0.4, -0.2) is 49.7 Å². The standard InChI is InChI=1S/C12H24N2O2/c1-10-9-14(6-5-13-10)7-8-16-11(15)12(2,3)4/h10,13H,5-9H2,1-4H3/t10-/m1/s1. The number of carbonyl (C=O) groups excluding carboxylic acids is 1. The Balaban J connectivity index is 2.18. The van der Waals surface area contributed by atoms with Gasteiger partial charge in [0.05, 0.1) is 5.41 Å². The fourth-order valence-corrected chi connectivity index (χ4v) is 1.70. The predicted octanol–water partition coefficient (Wildman–Crippen LogP) is 0.869. The first-order valence-corrected chi connectivity index (χ1v) is 6.02. The van der Waals surface area contributed by atoms with Gasteiger partial charge in [0.1, 0.15) is 6.61 Å². The third-order valence-electron chi connectivity index (χ3n) is 2.71. The highest BCUT2D eigenvalue weighted by Gasteiger charge is 2.23. The molecule has 1 aliphatic heterocycles. The first kappa shape index (κ1) is 13.5. The largest absolute Gasteiger partial charge is 0.464 e. The average molecular weight is 228 g/mol. The van der Waals surface area contributed by atoms with Crippen molar-refractivity contribution in [2.45, 2.75) is 33.7 Å². The molecule has 0 aliphatic carbocycles. The fraction of sp³-hybridized carbons (Fsp3) is 0.917. The molecule has 0 aromatic heterocycles. The Hall–Kier alpha value is -0.610. The van der Waals surface area contributed by atoms with Gasteiger partial charge in [0.15, 0.2) is 0 Å². The minimum absolute atomic E-state index is 0.115. The Kier molecular flexibility index (Phi) is 4.74. The highest BCUT2D eigenvalue weighted by Crippen LogP contribution is 2.14. The van der Waals surface area contributed by atoms with Crippen molar-refractivity contribution in [1.82, 2.24) is 10.2 Å². The summed E-state index contributed by atoms with van der Waals surface area (Å²) in [5.74, 6) is -0.115. The summed E-state index contributed by atoms with van der Waals surface area (Å²) >= 11 is 0. The van der Waals surface area contributed by atoms with Crippen molar-refractivity contribution >= 4 is 5.97 Å². The average Bonchev–Trinajstić information content (AvgIpc) is 2.16. The van der Waals surface area contributed by atoms with Gasteiger partial charge >= 0.3 is 5.97 Å². The summed E-state index contributed by atoms with van der Waals surface area (Å²) in [6.07, 6.45) is 0. The van der Waals surface area contributed by atoms with Crippen LogP contribution in [0.4, 0.5) is 0 Å². The molecule has 16 heavy (non-hydrogen) atoms. The van der Waals surface area contributed by atoms with E-state index in [2.05, 4.69) is 17.1 Å². The molecule has 0 unspecified atom stereocenters. The maximum atomic E-state index is 11.5. The molecule has 0 radical (unpaired) electrons. The lowest BCUT2D eigenvalue weighted by atomic mass is 9.97. The zero-order valence-electron chi connectivity index (χ0n) is 10.9. The van der Waals surface area contributed by atoms with E-state index in [9.17, 15) is 4.79 Å². The zero-order chi connectivity index (χ0) is 12.2. The number of ether oxygens (including phenoxy) is 1. The summed E-state index contributed by atoms with van der Waals surface area (Å²) in [5.41, 5.74) is -0.392. The number of hydrogen-bond acceptors (Lipinski definition) is 4. The highest BCUT2D eigenvalue weighted by atomic mass is 16.5. The van der Waals surface area contributed by atoms with Gasteiger partial charge in [0.2, 0.25) is 0 Å². The van der Waals surface area contributed by atoms with Crippen molar-refractivity contribution < 1.29 is 9.53 Å². The third-order valence-corrected chi connectivity index (χ3v) is 2.71. The number of hydrogen-bond donors (Lipinski definition) is 1. The smallest absolute Gasteiger partial charge is 0.311 e. The SMILES string of the molecule is C[C@@H]1CN(CCOC(=O)C(C)(C)C)CCN1. The molecule has 0 amide bonds. The molecule has 1 N–H and O–H groups in total. The summed E-state index contributed by atoms with van der Waals surface area (Å²) in [4.78, 5) is 13.8. The molecule has 1 heterocycles. The minimum Gasteiger partial charge on any atom is -0.464 e. The van der Waals surface area contributed by atoms with Gasteiger partial charge in [-0.3, -0.25) is 9.69 Å². The van der Waals surface area contributed by atoms with E-state index in [-0.39, 0.29) is 5.97 Å². The molecule has 0 spiro atoms. The molecular weight excluding hydrogens is 204 g/mol. The Bertz CT molecular complexity index is 236. The topological polar surface area (TPSA) is 41.6 Å². The number of nitrogens with one attached hydrogen (secondary N) is 1. The van der Waals surface area contributed by atoms with E-state index in [1.807, 2.05) is 20.8 Å². The minimum atomic E-state index is -0.392. The summed E-state index contributed by atoms with van der Waals surface area (Å²) in [7, 11) is 0. The van der Waals surface area contributed by atoms with Crippen molar-refractivity contribution in [3.8, 4) is 0 Å². The van der Waals surface area contributed by atoms with E-state index >= 15 is 0 Å². The maximum absolute atomic E-state index is 11.5. The number of nitrogens with zero attached hydrogens (tertiary/aromatic N) is 1. The lowest BCUT2D eigenvalue weighted by molar-refractivity contribution is -0.153. The summed E-state index contributed by atoms with van der Waals surface area (Å²) in [6, 6.07) is 0.534. The lowest BCUT2D eigenvalue weighted by Crippen LogP contribution is -2.50. The Labute approximate surface area is 98.3 Å². The molecular formula is C12H24N2O2. The van der Waals surface area contributed by atoms with Gasteiger partial charge in [-0.05, 0) is 27.7 Å². The lowest BCUT2D eigenvalue weighted by Gasteiger charge is -2.31. The highest BCUT2D eigenvalue weighted by molar-refractivity contribution is 5.75. The van der Waals surface area contributed by atoms with Gasteiger partial charge in [-0.2, -0.15) is 0 Å². The molecule has 0 aromatic rings. The van der Waals surface area contributed by atoms with Gasteiger partial charge < -0.3 is 10.1 Å². The van der Waals surface area contributed by atoms with Crippen LogP contribution in [0, 0.1) is 5.41 Å². The van der Waals surface area contributed by atoms with E-state index in [1.54, 1.807) is 0 Å². The third kappa shape index (κ3) is 4.49. The van der Waals surface area contributed by atoms with Crippen molar-refractivity contribution in [1.29, 1.82) is 0 Å². The Morgan fingerprint density at radius 3 is 2.75 bits per heavy atom. The van der Waals surface area contributed by atoms with Gasteiger partial charge in [-0.25, -0.2) is 0 Å². The number of rotatable bonds is 3. The van der Waals surface area contributed by atoms with E-state index in [4.69, 9.17) is 4.74 Å². The first-order valence-electron chi connectivity index (χ1n) is 6.02. The fourth-order valence-electron chi connectivity index (χ4n) is 1.70. The summed E-state index contributed by atoms with van der Waals surface area (Å²) in [6.45, 7) is 12.2. The van der Waals surface area contributed by atoms with Gasteiger partial charge in [-0.1, -0.05) is 0 Å². The molecule has 1 rings (SSSR count). The predicted molar refractivity (Wildman–Crippen MR) is 64.3 cm³/mol. The summed E-state index contributed by atoms with van der Waals surface area (Å²) in [5, 5.41) is 3.39.